The van der Waals surface area contributed by atoms with E-state index in [-0.39, 0.29) is 5.91 Å². The standard InChI is InChI=1S/C32H21Br2N3O/c33-24-16-14-21(15-17-24)27-19-18-25(34)20-29(27)36-32(38)23-12-10-22(11-13-23)31-35-28-8-4-5-9-30(28)37(31)26-6-2-1-3-7-26/h1-20H,(H,36,38). The molecule has 1 amide bonds. The molecule has 5 aromatic carbocycles. The number of anilines is 1. The fraction of sp³-hybridized carbons (Fsp3) is 0. The predicted molar refractivity (Wildman–Crippen MR) is 162 cm³/mol. The van der Waals surface area contributed by atoms with Gasteiger partial charge in [0.05, 0.1) is 11.0 Å². The van der Waals surface area contributed by atoms with Crippen molar-refractivity contribution in [1.29, 1.82) is 0 Å². The van der Waals surface area contributed by atoms with E-state index in [2.05, 4.69) is 59.9 Å². The van der Waals surface area contributed by atoms with Gasteiger partial charge in [-0.25, -0.2) is 4.98 Å². The van der Waals surface area contributed by atoms with Crippen molar-refractivity contribution in [2.75, 3.05) is 5.32 Å². The van der Waals surface area contributed by atoms with Crippen LogP contribution in [0.3, 0.4) is 0 Å². The summed E-state index contributed by atoms with van der Waals surface area (Å²) in [6.45, 7) is 0. The number of nitrogens with zero attached hydrogens (tertiary/aromatic N) is 2. The molecule has 0 aliphatic carbocycles. The first-order chi connectivity index (χ1) is 18.6. The van der Waals surface area contributed by atoms with Crippen LogP contribution in [-0.4, -0.2) is 15.5 Å². The maximum absolute atomic E-state index is 13.3. The van der Waals surface area contributed by atoms with Crippen molar-refractivity contribution >= 4 is 54.5 Å². The first-order valence-corrected chi connectivity index (χ1v) is 13.7. The average molecular weight is 623 g/mol. The van der Waals surface area contributed by atoms with Gasteiger partial charge in [-0.3, -0.25) is 9.36 Å². The number of aromatic nitrogens is 2. The summed E-state index contributed by atoms with van der Waals surface area (Å²) in [5.41, 5.74) is 7.19. The summed E-state index contributed by atoms with van der Waals surface area (Å²) >= 11 is 7.02. The van der Waals surface area contributed by atoms with Gasteiger partial charge in [0.1, 0.15) is 5.82 Å². The zero-order valence-electron chi connectivity index (χ0n) is 20.1. The van der Waals surface area contributed by atoms with Gasteiger partial charge in [-0.15, -0.1) is 0 Å². The normalized spacial score (nSPS) is 11.0. The van der Waals surface area contributed by atoms with Gasteiger partial charge in [0.15, 0.2) is 0 Å². The number of carbonyl (C=O) groups excluding carboxylic acids is 1. The third-order valence-electron chi connectivity index (χ3n) is 6.37. The van der Waals surface area contributed by atoms with E-state index in [1.54, 1.807) is 0 Å². The number of hydrogen-bond donors (Lipinski definition) is 1. The molecule has 1 aromatic heterocycles. The molecule has 6 heteroatoms. The molecule has 0 unspecified atom stereocenters. The molecule has 1 heterocycles. The highest BCUT2D eigenvalue weighted by atomic mass is 79.9. The number of halogens is 2. The first kappa shape index (κ1) is 24.3. The number of benzene rings is 5. The van der Waals surface area contributed by atoms with Crippen molar-refractivity contribution in [3.05, 3.63) is 136 Å². The van der Waals surface area contributed by atoms with Crippen molar-refractivity contribution in [3.63, 3.8) is 0 Å². The van der Waals surface area contributed by atoms with Crippen LogP contribution in [0.4, 0.5) is 5.69 Å². The topological polar surface area (TPSA) is 46.9 Å². The van der Waals surface area contributed by atoms with Crippen LogP contribution in [-0.2, 0) is 0 Å². The second-order valence-electron chi connectivity index (χ2n) is 8.82. The van der Waals surface area contributed by atoms with Crippen LogP contribution in [0.25, 0.3) is 39.2 Å². The minimum Gasteiger partial charge on any atom is -0.321 e. The lowest BCUT2D eigenvalue weighted by atomic mass is 10.0. The number of rotatable bonds is 5. The quantitative estimate of drug-likeness (QED) is 0.208. The molecule has 0 fully saturated rings. The molecule has 0 atom stereocenters. The summed E-state index contributed by atoms with van der Waals surface area (Å²) in [5.74, 6) is 0.651. The molecule has 184 valence electrons. The monoisotopic (exact) mass is 621 g/mol. The Morgan fingerprint density at radius 1 is 0.684 bits per heavy atom. The van der Waals surface area contributed by atoms with E-state index in [1.807, 2.05) is 103 Å². The molecule has 0 aliphatic rings. The molecule has 0 radical (unpaired) electrons. The Balaban J connectivity index is 1.33. The van der Waals surface area contributed by atoms with Gasteiger partial charge < -0.3 is 5.32 Å². The smallest absolute Gasteiger partial charge is 0.255 e. The third-order valence-corrected chi connectivity index (χ3v) is 7.39. The summed E-state index contributed by atoms with van der Waals surface area (Å²) in [6.07, 6.45) is 0. The van der Waals surface area contributed by atoms with Crippen molar-refractivity contribution in [2.24, 2.45) is 0 Å². The number of nitrogens with one attached hydrogen (secondary N) is 1. The SMILES string of the molecule is O=C(Nc1cc(Br)ccc1-c1ccc(Br)cc1)c1ccc(-c2nc3ccccc3n2-c2ccccc2)cc1. The molecule has 6 aromatic rings. The zero-order valence-corrected chi connectivity index (χ0v) is 23.3. The molecule has 0 bridgehead atoms. The lowest BCUT2D eigenvalue weighted by Gasteiger charge is -2.13. The second-order valence-corrected chi connectivity index (χ2v) is 10.7. The summed E-state index contributed by atoms with van der Waals surface area (Å²) in [6, 6.07) is 39.8. The Bertz CT molecular complexity index is 1760. The van der Waals surface area contributed by atoms with E-state index >= 15 is 0 Å². The number of para-hydroxylation sites is 3. The van der Waals surface area contributed by atoms with Crippen molar-refractivity contribution in [1.82, 2.24) is 9.55 Å². The Morgan fingerprint density at radius 2 is 1.34 bits per heavy atom. The highest BCUT2D eigenvalue weighted by molar-refractivity contribution is 9.10. The maximum atomic E-state index is 13.3. The summed E-state index contributed by atoms with van der Waals surface area (Å²) in [5, 5.41) is 3.10. The van der Waals surface area contributed by atoms with Crippen LogP contribution in [0.1, 0.15) is 10.4 Å². The average Bonchev–Trinajstić information content (AvgIpc) is 3.34. The maximum Gasteiger partial charge on any atom is 0.255 e. The second kappa shape index (κ2) is 10.4. The zero-order chi connectivity index (χ0) is 26.1. The number of fused-ring (bicyclic) bond motifs is 1. The summed E-state index contributed by atoms with van der Waals surface area (Å²) < 4.78 is 4.05. The van der Waals surface area contributed by atoms with E-state index in [0.29, 0.717) is 5.56 Å². The number of amides is 1. The first-order valence-electron chi connectivity index (χ1n) is 12.1. The summed E-state index contributed by atoms with van der Waals surface area (Å²) in [4.78, 5) is 18.2. The number of imidazole rings is 1. The van der Waals surface area contributed by atoms with Crippen LogP contribution in [0, 0.1) is 0 Å². The Kier molecular flexibility index (Phi) is 6.66. The van der Waals surface area contributed by atoms with Crippen LogP contribution in [0.2, 0.25) is 0 Å². The molecule has 1 N–H and O–H groups in total. The van der Waals surface area contributed by atoms with Crippen LogP contribution >= 0.6 is 31.9 Å². The van der Waals surface area contributed by atoms with Crippen LogP contribution in [0.5, 0.6) is 0 Å². The Hall–Kier alpha value is -4.00. The van der Waals surface area contributed by atoms with Gasteiger partial charge in [0, 0.05) is 37.0 Å². The van der Waals surface area contributed by atoms with Crippen LogP contribution < -0.4 is 5.32 Å². The molecular weight excluding hydrogens is 602 g/mol. The third kappa shape index (κ3) is 4.80. The predicted octanol–water partition coefficient (Wildman–Crippen LogP) is 9.14. The van der Waals surface area contributed by atoms with Gasteiger partial charge in [0.25, 0.3) is 5.91 Å². The molecule has 0 aliphatic heterocycles. The van der Waals surface area contributed by atoms with E-state index in [4.69, 9.17) is 4.98 Å². The molecule has 0 saturated heterocycles. The molecule has 4 nitrogen and oxygen atoms in total. The highest BCUT2D eigenvalue weighted by Gasteiger charge is 2.16. The fourth-order valence-electron chi connectivity index (χ4n) is 4.52. The van der Waals surface area contributed by atoms with Gasteiger partial charge in [-0.05, 0) is 66.2 Å². The van der Waals surface area contributed by atoms with Crippen LogP contribution in [0.15, 0.2) is 130 Å². The van der Waals surface area contributed by atoms with Crippen molar-refractivity contribution in [3.8, 4) is 28.2 Å². The van der Waals surface area contributed by atoms with Gasteiger partial charge >= 0.3 is 0 Å². The molecular formula is C32H21Br2N3O. The molecule has 6 rings (SSSR count). The minimum absolute atomic E-state index is 0.176. The molecule has 38 heavy (non-hydrogen) atoms. The minimum atomic E-state index is -0.176. The van der Waals surface area contributed by atoms with Crippen molar-refractivity contribution in [2.45, 2.75) is 0 Å². The Labute approximate surface area is 237 Å². The van der Waals surface area contributed by atoms with Crippen molar-refractivity contribution < 1.29 is 4.79 Å². The highest BCUT2D eigenvalue weighted by Crippen LogP contribution is 2.33. The van der Waals surface area contributed by atoms with Gasteiger partial charge in [-0.1, -0.05) is 92.5 Å². The van der Waals surface area contributed by atoms with E-state index < -0.39 is 0 Å². The number of carbonyl (C=O) groups is 1. The van der Waals surface area contributed by atoms with E-state index in [1.165, 1.54) is 0 Å². The summed E-state index contributed by atoms with van der Waals surface area (Å²) in [7, 11) is 0. The van der Waals surface area contributed by atoms with Gasteiger partial charge in [0.2, 0.25) is 0 Å². The Morgan fingerprint density at radius 3 is 2.11 bits per heavy atom. The molecule has 0 saturated carbocycles. The largest absolute Gasteiger partial charge is 0.321 e. The van der Waals surface area contributed by atoms with Gasteiger partial charge in [-0.2, -0.15) is 0 Å². The number of hydrogen-bond acceptors (Lipinski definition) is 2. The fourth-order valence-corrected chi connectivity index (χ4v) is 5.15. The lowest BCUT2D eigenvalue weighted by molar-refractivity contribution is 0.102. The van der Waals surface area contributed by atoms with E-state index in [9.17, 15) is 4.79 Å². The van der Waals surface area contributed by atoms with E-state index in [0.717, 1.165) is 53.9 Å². The molecule has 0 spiro atoms. The lowest BCUT2D eigenvalue weighted by Crippen LogP contribution is -2.12.